The minimum absolute atomic E-state index is 0.123. The number of para-hydroxylation sites is 1. The molecule has 0 radical (unpaired) electrons. The van der Waals surface area contributed by atoms with Crippen molar-refractivity contribution in [2.45, 2.75) is 33.8 Å². The zero-order chi connectivity index (χ0) is 27.7. The number of carbonyl (C=O) groups is 3. The SMILES string of the molecule is CCOC(=O)c1sc(CC(=O)C(C#N)=Cc2ccccc2OCc2cccc(Cl)c2)c(C(=O)OCC)c1C. The highest BCUT2D eigenvalue weighted by atomic mass is 35.5. The number of benzene rings is 2. The van der Waals surface area contributed by atoms with Crippen LogP contribution in [0, 0.1) is 18.3 Å². The molecule has 196 valence electrons. The van der Waals surface area contributed by atoms with Crippen LogP contribution in [0.15, 0.2) is 54.1 Å². The molecule has 0 N–H and O–H groups in total. The number of ketones is 1. The van der Waals surface area contributed by atoms with Crippen LogP contribution < -0.4 is 4.74 Å². The van der Waals surface area contributed by atoms with E-state index in [1.54, 1.807) is 57.2 Å². The lowest BCUT2D eigenvalue weighted by molar-refractivity contribution is -0.114. The normalized spacial score (nSPS) is 11.0. The first-order valence-electron chi connectivity index (χ1n) is 11.9. The van der Waals surface area contributed by atoms with Crippen LogP contribution in [0.3, 0.4) is 0 Å². The Labute approximate surface area is 230 Å². The molecular formula is C29H26ClNO6S. The Balaban J connectivity index is 1.89. The van der Waals surface area contributed by atoms with Crippen molar-refractivity contribution in [3.05, 3.63) is 91.1 Å². The van der Waals surface area contributed by atoms with E-state index < -0.39 is 17.7 Å². The van der Waals surface area contributed by atoms with Crippen molar-refractivity contribution in [2.24, 2.45) is 0 Å². The summed E-state index contributed by atoms with van der Waals surface area (Å²) in [4.78, 5) is 38.9. The van der Waals surface area contributed by atoms with Gasteiger partial charge in [0.15, 0.2) is 5.78 Å². The summed E-state index contributed by atoms with van der Waals surface area (Å²) in [6, 6.07) is 16.2. The number of nitrogens with zero attached hydrogens (tertiary/aromatic N) is 1. The van der Waals surface area contributed by atoms with Crippen molar-refractivity contribution in [2.75, 3.05) is 13.2 Å². The van der Waals surface area contributed by atoms with Gasteiger partial charge in [-0.1, -0.05) is 41.9 Å². The molecule has 0 amide bonds. The van der Waals surface area contributed by atoms with E-state index in [9.17, 15) is 19.6 Å². The summed E-state index contributed by atoms with van der Waals surface area (Å²) in [5.41, 5.74) is 1.82. The summed E-state index contributed by atoms with van der Waals surface area (Å²) < 4.78 is 16.2. The Morgan fingerprint density at radius 3 is 2.42 bits per heavy atom. The fraction of sp³-hybridized carbons (Fsp3) is 0.241. The van der Waals surface area contributed by atoms with E-state index in [2.05, 4.69) is 0 Å². The van der Waals surface area contributed by atoms with Gasteiger partial charge in [0.25, 0.3) is 0 Å². The van der Waals surface area contributed by atoms with E-state index in [-0.39, 0.29) is 42.3 Å². The number of allylic oxidation sites excluding steroid dienone is 1. The molecule has 0 atom stereocenters. The van der Waals surface area contributed by atoms with Crippen LogP contribution in [0.2, 0.25) is 5.02 Å². The average molecular weight is 552 g/mol. The molecule has 0 aliphatic carbocycles. The summed E-state index contributed by atoms with van der Waals surface area (Å²) in [5, 5.41) is 10.4. The Morgan fingerprint density at radius 1 is 1.03 bits per heavy atom. The highest BCUT2D eigenvalue weighted by Crippen LogP contribution is 2.31. The minimum atomic E-state index is -0.637. The number of nitriles is 1. The first-order valence-corrected chi connectivity index (χ1v) is 13.1. The second-order valence-corrected chi connectivity index (χ2v) is 9.56. The molecule has 7 nitrogen and oxygen atoms in total. The van der Waals surface area contributed by atoms with E-state index in [1.165, 1.54) is 6.08 Å². The van der Waals surface area contributed by atoms with E-state index >= 15 is 0 Å². The molecular weight excluding hydrogens is 526 g/mol. The number of esters is 2. The maximum atomic E-state index is 13.2. The van der Waals surface area contributed by atoms with Crippen molar-refractivity contribution in [1.29, 1.82) is 5.26 Å². The smallest absolute Gasteiger partial charge is 0.348 e. The number of carbonyl (C=O) groups excluding carboxylic acids is 3. The molecule has 3 rings (SSSR count). The predicted octanol–water partition coefficient (Wildman–Crippen LogP) is 6.36. The van der Waals surface area contributed by atoms with Gasteiger partial charge in [-0.05, 0) is 56.2 Å². The lowest BCUT2D eigenvalue weighted by atomic mass is 10.0. The monoisotopic (exact) mass is 551 g/mol. The van der Waals surface area contributed by atoms with Crippen LogP contribution in [0.4, 0.5) is 0 Å². The number of ether oxygens (including phenoxy) is 3. The van der Waals surface area contributed by atoms with E-state index in [1.807, 2.05) is 18.2 Å². The third kappa shape index (κ3) is 7.09. The maximum absolute atomic E-state index is 13.2. The molecule has 0 bridgehead atoms. The highest BCUT2D eigenvalue weighted by Gasteiger charge is 2.28. The average Bonchev–Trinajstić information content (AvgIpc) is 3.22. The van der Waals surface area contributed by atoms with E-state index in [4.69, 9.17) is 25.8 Å². The molecule has 0 saturated heterocycles. The van der Waals surface area contributed by atoms with Gasteiger partial charge in [0.05, 0.1) is 24.4 Å². The lowest BCUT2D eigenvalue weighted by Crippen LogP contribution is -2.12. The van der Waals surface area contributed by atoms with Crippen molar-refractivity contribution in [1.82, 2.24) is 0 Å². The summed E-state index contributed by atoms with van der Waals surface area (Å²) in [6.07, 6.45) is 1.19. The van der Waals surface area contributed by atoms with Gasteiger partial charge in [0.1, 0.15) is 23.3 Å². The van der Waals surface area contributed by atoms with Crippen molar-refractivity contribution < 1.29 is 28.6 Å². The molecule has 0 spiro atoms. The molecule has 9 heteroatoms. The van der Waals surface area contributed by atoms with Crippen LogP contribution in [-0.4, -0.2) is 30.9 Å². The fourth-order valence-corrected chi connectivity index (χ4v) is 5.05. The number of thiophene rings is 1. The number of hydrogen-bond donors (Lipinski definition) is 0. The predicted molar refractivity (Wildman–Crippen MR) is 145 cm³/mol. The van der Waals surface area contributed by atoms with Gasteiger partial charge in [-0.2, -0.15) is 5.26 Å². The highest BCUT2D eigenvalue weighted by molar-refractivity contribution is 7.14. The molecule has 1 heterocycles. The first kappa shape index (κ1) is 28.6. The fourth-order valence-electron chi connectivity index (χ4n) is 3.65. The number of hydrogen-bond acceptors (Lipinski definition) is 8. The Hall–Kier alpha value is -3.93. The van der Waals surface area contributed by atoms with Gasteiger partial charge in [0, 0.05) is 21.9 Å². The molecule has 38 heavy (non-hydrogen) atoms. The number of rotatable bonds is 11. The molecule has 1 aromatic heterocycles. The molecule has 0 fully saturated rings. The van der Waals surface area contributed by atoms with Gasteiger partial charge in [-0.15, -0.1) is 11.3 Å². The van der Waals surface area contributed by atoms with E-state index in [0.717, 1.165) is 16.9 Å². The van der Waals surface area contributed by atoms with Crippen LogP contribution in [0.1, 0.15) is 55.4 Å². The molecule has 3 aromatic rings. The number of Topliss-reactive ketones (excluding diaryl/α,β-unsaturated/α-hetero) is 1. The first-order chi connectivity index (χ1) is 18.3. The van der Waals surface area contributed by atoms with E-state index in [0.29, 0.717) is 26.8 Å². The Kier molecular flexibility index (Phi) is 10.2. The van der Waals surface area contributed by atoms with Gasteiger partial charge in [-0.3, -0.25) is 4.79 Å². The quantitative estimate of drug-likeness (QED) is 0.155. The standard InChI is InChI=1S/C29H26ClNO6S/c1-4-35-28(33)26-18(3)27(29(34)36-5-2)38-25(26)15-23(32)21(16-31)14-20-10-6-7-12-24(20)37-17-19-9-8-11-22(30)13-19/h6-14H,4-5,15,17H2,1-3H3. The zero-order valence-corrected chi connectivity index (χ0v) is 22.8. The van der Waals surface area contributed by atoms with Crippen molar-refractivity contribution >= 4 is 46.7 Å². The Bertz CT molecular complexity index is 1420. The van der Waals surface area contributed by atoms with Gasteiger partial charge in [-0.25, -0.2) is 9.59 Å². The van der Waals surface area contributed by atoms with Crippen molar-refractivity contribution in [3.63, 3.8) is 0 Å². The minimum Gasteiger partial charge on any atom is -0.488 e. The molecule has 0 aliphatic heterocycles. The van der Waals surface area contributed by atoms with Crippen LogP contribution >= 0.6 is 22.9 Å². The van der Waals surface area contributed by atoms with Crippen molar-refractivity contribution in [3.8, 4) is 11.8 Å². The maximum Gasteiger partial charge on any atom is 0.348 e. The van der Waals surface area contributed by atoms with Gasteiger partial charge >= 0.3 is 11.9 Å². The summed E-state index contributed by atoms with van der Waals surface area (Å²) in [7, 11) is 0. The summed E-state index contributed by atoms with van der Waals surface area (Å²) in [6.45, 7) is 5.49. The second-order valence-electron chi connectivity index (χ2n) is 8.02. The van der Waals surface area contributed by atoms with Crippen LogP contribution in [0.25, 0.3) is 6.08 Å². The molecule has 2 aromatic carbocycles. The van der Waals surface area contributed by atoms with Gasteiger partial charge < -0.3 is 14.2 Å². The Morgan fingerprint density at radius 2 is 1.74 bits per heavy atom. The molecule has 0 saturated carbocycles. The molecule has 0 aliphatic rings. The van der Waals surface area contributed by atoms with Gasteiger partial charge in [0.2, 0.25) is 0 Å². The zero-order valence-electron chi connectivity index (χ0n) is 21.2. The summed E-state index contributed by atoms with van der Waals surface area (Å²) >= 11 is 7.04. The van der Waals surface area contributed by atoms with Crippen LogP contribution in [0.5, 0.6) is 5.75 Å². The topological polar surface area (TPSA) is 103 Å². The largest absolute Gasteiger partial charge is 0.488 e. The third-order valence-corrected chi connectivity index (χ3v) is 6.91. The second kappa shape index (κ2) is 13.6. The third-order valence-electron chi connectivity index (χ3n) is 5.40. The summed E-state index contributed by atoms with van der Waals surface area (Å²) in [5.74, 6) is -1.25. The lowest BCUT2D eigenvalue weighted by Gasteiger charge is -2.10. The number of halogens is 1. The molecule has 0 unspecified atom stereocenters. The van der Waals surface area contributed by atoms with Crippen LogP contribution in [-0.2, 0) is 27.3 Å².